The Labute approximate surface area is 131 Å². The van der Waals surface area contributed by atoms with Crippen molar-refractivity contribution < 1.29 is 10.0 Å². The Kier molecular flexibility index (Phi) is 4.00. The number of nitro benzene ring substituents is 1. The van der Waals surface area contributed by atoms with E-state index in [1.54, 1.807) is 0 Å². The summed E-state index contributed by atoms with van der Waals surface area (Å²) in [4.78, 5) is 18.1. The number of nitrogens with two attached hydrogens (primary N) is 2. The van der Waals surface area contributed by atoms with Crippen molar-refractivity contribution in [1.29, 1.82) is 5.26 Å². The highest BCUT2D eigenvalue weighted by Crippen LogP contribution is 2.40. The standard InChI is InChI=1S/C14H14N6O3/c1-6(2)7-3-8(12(21)10(4-7)20(22)23)11-9(5-15)13(16)19-14(17)18-11/h3-4,6,21H,1-2H3,(H4,16,17,18,19). The van der Waals surface area contributed by atoms with Crippen molar-refractivity contribution in [2.24, 2.45) is 0 Å². The van der Waals surface area contributed by atoms with Crippen LogP contribution in [0.25, 0.3) is 11.3 Å². The number of phenolic OH excluding ortho intramolecular Hbond substituents is 1. The molecule has 0 unspecified atom stereocenters. The third-order valence-corrected chi connectivity index (χ3v) is 3.30. The van der Waals surface area contributed by atoms with Crippen molar-refractivity contribution in [3.8, 4) is 23.1 Å². The van der Waals surface area contributed by atoms with Gasteiger partial charge in [-0.3, -0.25) is 10.1 Å². The van der Waals surface area contributed by atoms with E-state index >= 15 is 0 Å². The van der Waals surface area contributed by atoms with Crippen LogP contribution in [0.4, 0.5) is 17.5 Å². The lowest BCUT2D eigenvalue weighted by Gasteiger charge is -2.12. The Balaban J connectivity index is 2.89. The van der Waals surface area contributed by atoms with Crippen LogP contribution in [-0.4, -0.2) is 20.0 Å². The van der Waals surface area contributed by atoms with Gasteiger partial charge in [-0.2, -0.15) is 10.2 Å². The van der Waals surface area contributed by atoms with E-state index in [-0.39, 0.29) is 34.5 Å². The number of nitriles is 1. The number of anilines is 2. The van der Waals surface area contributed by atoms with Crippen LogP contribution in [0.1, 0.15) is 30.9 Å². The normalized spacial score (nSPS) is 10.5. The minimum absolute atomic E-state index is 0.0141. The zero-order chi connectivity index (χ0) is 17.3. The molecule has 23 heavy (non-hydrogen) atoms. The maximum absolute atomic E-state index is 11.2. The molecule has 9 nitrogen and oxygen atoms in total. The summed E-state index contributed by atoms with van der Waals surface area (Å²) in [6.45, 7) is 3.68. The fourth-order valence-electron chi connectivity index (χ4n) is 2.10. The Hall–Kier alpha value is -3.41. The number of rotatable bonds is 3. The van der Waals surface area contributed by atoms with Crippen molar-refractivity contribution in [3.05, 3.63) is 33.4 Å². The summed E-state index contributed by atoms with van der Waals surface area (Å²) in [5.41, 5.74) is 11.2. The number of phenols is 1. The van der Waals surface area contributed by atoms with Crippen molar-refractivity contribution in [1.82, 2.24) is 9.97 Å². The van der Waals surface area contributed by atoms with Crippen molar-refractivity contribution >= 4 is 17.5 Å². The Morgan fingerprint density at radius 1 is 1.35 bits per heavy atom. The smallest absolute Gasteiger partial charge is 0.311 e. The second kappa shape index (κ2) is 5.76. The van der Waals surface area contributed by atoms with Gasteiger partial charge in [-0.1, -0.05) is 13.8 Å². The summed E-state index contributed by atoms with van der Waals surface area (Å²) in [5, 5.41) is 30.6. The first-order valence-corrected chi connectivity index (χ1v) is 6.61. The second-order valence-electron chi connectivity index (χ2n) is 5.15. The molecule has 0 spiro atoms. The van der Waals surface area contributed by atoms with Gasteiger partial charge in [-0.15, -0.1) is 0 Å². The summed E-state index contributed by atoms with van der Waals surface area (Å²) in [5.74, 6) is -1.01. The molecule has 0 aliphatic heterocycles. The SMILES string of the molecule is CC(C)c1cc(-c2nc(N)nc(N)c2C#N)c(O)c([N+](=O)[O-])c1. The first-order valence-electron chi connectivity index (χ1n) is 6.61. The van der Waals surface area contributed by atoms with Gasteiger partial charge in [0.05, 0.1) is 16.2 Å². The second-order valence-corrected chi connectivity index (χ2v) is 5.15. The molecule has 0 fully saturated rings. The van der Waals surface area contributed by atoms with Crippen LogP contribution in [0, 0.1) is 21.4 Å². The highest BCUT2D eigenvalue weighted by molar-refractivity contribution is 5.80. The van der Waals surface area contributed by atoms with Gasteiger partial charge in [0.15, 0.2) is 0 Å². The summed E-state index contributed by atoms with van der Waals surface area (Å²) in [7, 11) is 0. The monoisotopic (exact) mass is 314 g/mol. The number of aromatic nitrogens is 2. The van der Waals surface area contributed by atoms with E-state index in [1.807, 2.05) is 19.9 Å². The summed E-state index contributed by atoms with van der Waals surface area (Å²) >= 11 is 0. The van der Waals surface area contributed by atoms with Crippen LogP contribution in [0.15, 0.2) is 12.1 Å². The summed E-state index contributed by atoms with van der Waals surface area (Å²) in [6.07, 6.45) is 0. The van der Waals surface area contributed by atoms with Gasteiger partial charge in [0.1, 0.15) is 17.5 Å². The van der Waals surface area contributed by atoms with E-state index in [4.69, 9.17) is 11.5 Å². The van der Waals surface area contributed by atoms with Crippen molar-refractivity contribution in [2.75, 3.05) is 11.5 Å². The Bertz CT molecular complexity index is 841. The fraction of sp³-hybridized carbons (Fsp3) is 0.214. The Morgan fingerprint density at radius 3 is 2.52 bits per heavy atom. The number of benzene rings is 1. The molecule has 1 heterocycles. The molecule has 0 aliphatic rings. The van der Waals surface area contributed by atoms with Crippen LogP contribution in [0.2, 0.25) is 0 Å². The maximum Gasteiger partial charge on any atom is 0.311 e. The number of nitro groups is 1. The van der Waals surface area contributed by atoms with Crippen molar-refractivity contribution in [2.45, 2.75) is 19.8 Å². The minimum Gasteiger partial charge on any atom is -0.502 e. The largest absolute Gasteiger partial charge is 0.502 e. The molecule has 1 aromatic heterocycles. The molecule has 118 valence electrons. The van der Waals surface area contributed by atoms with E-state index in [9.17, 15) is 20.5 Å². The topological polar surface area (TPSA) is 165 Å². The van der Waals surface area contributed by atoms with Crippen LogP contribution in [0.3, 0.4) is 0 Å². The van der Waals surface area contributed by atoms with Crippen LogP contribution in [0.5, 0.6) is 5.75 Å². The molecule has 0 saturated carbocycles. The molecule has 9 heteroatoms. The average Bonchev–Trinajstić information content (AvgIpc) is 2.46. The summed E-state index contributed by atoms with van der Waals surface area (Å²) in [6, 6.07) is 4.63. The first kappa shape index (κ1) is 16.0. The van der Waals surface area contributed by atoms with Gasteiger partial charge in [-0.25, -0.2) is 4.98 Å². The Morgan fingerprint density at radius 2 is 2.00 bits per heavy atom. The van der Waals surface area contributed by atoms with E-state index in [0.717, 1.165) is 0 Å². The lowest BCUT2D eigenvalue weighted by molar-refractivity contribution is -0.385. The lowest BCUT2D eigenvalue weighted by Crippen LogP contribution is -2.06. The first-order chi connectivity index (χ1) is 10.8. The van der Waals surface area contributed by atoms with E-state index < -0.39 is 16.4 Å². The fourth-order valence-corrected chi connectivity index (χ4v) is 2.10. The quantitative estimate of drug-likeness (QED) is 0.570. The zero-order valence-electron chi connectivity index (χ0n) is 12.4. The predicted molar refractivity (Wildman–Crippen MR) is 83.4 cm³/mol. The van der Waals surface area contributed by atoms with Gasteiger partial charge in [0.2, 0.25) is 11.7 Å². The minimum atomic E-state index is -0.704. The highest BCUT2D eigenvalue weighted by Gasteiger charge is 2.24. The molecule has 0 radical (unpaired) electrons. The molecule has 0 bridgehead atoms. The molecule has 5 N–H and O–H groups in total. The zero-order valence-corrected chi connectivity index (χ0v) is 12.4. The molecular weight excluding hydrogens is 300 g/mol. The number of hydrogen-bond donors (Lipinski definition) is 3. The van der Waals surface area contributed by atoms with Crippen LogP contribution < -0.4 is 11.5 Å². The summed E-state index contributed by atoms with van der Waals surface area (Å²) < 4.78 is 0. The van der Waals surface area contributed by atoms with Gasteiger partial charge >= 0.3 is 5.69 Å². The van der Waals surface area contributed by atoms with Gasteiger partial charge in [0.25, 0.3) is 0 Å². The van der Waals surface area contributed by atoms with E-state index in [0.29, 0.717) is 5.56 Å². The predicted octanol–water partition coefficient (Wildman–Crippen LogP) is 1.92. The third-order valence-electron chi connectivity index (χ3n) is 3.30. The maximum atomic E-state index is 11.2. The van der Waals surface area contributed by atoms with Crippen LogP contribution in [-0.2, 0) is 0 Å². The molecule has 0 saturated heterocycles. The lowest BCUT2D eigenvalue weighted by atomic mass is 9.96. The molecule has 0 aliphatic carbocycles. The van der Waals surface area contributed by atoms with E-state index in [2.05, 4.69) is 9.97 Å². The third kappa shape index (κ3) is 2.82. The van der Waals surface area contributed by atoms with Gasteiger partial charge < -0.3 is 16.6 Å². The van der Waals surface area contributed by atoms with Crippen LogP contribution >= 0.6 is 0 Å². The number of hydrogen-bond acceptors (Lipinski definition) is 8. The molecular formula is C14H14N6O3. The van der Waals surface area contributed by atoms with E-state index in [1.165, 1.54) is 12.1 Å². The number of aromatic hydroxyl groups is 1. The number of nitrogen functional groups attached to an aromatic ring is 2. The highest BCUT2D eigenvalue weighted by atomic mass is 16.6. The molecule has 1 aromatic carbocycles. The number of nitrogens with zero attached hydrogens (tertiary/aromatic N) is 4. The van der Waals surface area contributed by atoms with Gasteiger partial charge in [-0.05, 0) is 17.5 Å². The molecule has 0 amide bonds. The van der Waals surface area contributed by atoms with Crippen molar-refractivity contribution in [3.63, 3.8) is 0 Å². The molecule has 2 aromatic rings. The van der Waals surface area contributed by atoms with Gasteiger partial charge in [0, 0.05) is 6.07 Å². The molecule has 0 atom stereocenters. The average molecular weight is 314 g/mol. The molecule has 2 rings (SSSR count).